The molecule has 4 heteroatoms. The first-order valence-electron chi connectivity index (χ1n) is 6.01. The lowest BCUT2D eigenvalue weighted by Gasteiger charge is -2.26. The predicted octanol–water partition coefficient (Wildman–Crippen LogP) is 2.24. The first-order valence-corrected chi connectivity index (χ1v) is 7.12. The van der Waals surface area contributed by atoms with Crippen LogP contribution >= 0.6 is 0 Å². The van der Waals surface area contributed by atoms with Crippen LogP contribution in [-0.4, -0.2) is 27.7 Å². The van der Waals surface area contributed by atoms with E-state index >= 15 is 0 Å². The van der Waals surface area contributed by atoms with Crippen LogP contribution in [0.3, 0.4) is 0 Å². The number of benzene rings is 1. The third-order valence-electron chi connectivity index (χ3n) is 3.03. The molecule has 3 nitrogen and oxygen atoms in total. The van der Waals surface area contributed by atoms with Crippen LogP contribution < -0.4 is 0 Å². The van der Waals surface area contributed by atoms with Gasteiger partial charge in [-0.3, -0.25) is 4.79 Å². The lowest BCUT2D eigenvalue weighted by atomic mass is 10.1. The number of hydrogen-bond donors (Lipinski definition) is 0. The van der Waals surface area contributed by atoms with Crippen molar-refractivity contribution in [2.45, 2.75) is 25.2 Å². The van der Waals surface area contributed by atoms with Crippen LogP contribution in [0.5, 0.6) is 0 Å². The molecule has 0 amide bonds. The number of Topliss-reactive ketones (excluding diaryl/α,β-unsaturated/α-hetero) is 1. The summed E-state index contributed by atoms with van der Waals surface area (Å²) >= 11 is -1.18. The molecule has 1 unspecified atom stereocenters. The molecule has 0 bridgehead atoms. The molecule has 1 heterocycles. The summed E-state index contributed by atoms with van der Waals surface area (Å²) in [4.78, 5) is 12.2. The topological polar surface area (TPSA) is 43.4 Å². The van der Waals surface area contributed by atoms with Crippen LogP contribution in [0.1, 0.15) is 18.9 Å². The SMILES string of the molecule is CC(=O)C1=CCCN([S+]([O-])c2ccc(C)cc2)C1. The number of aryl methyl sites for hydroxylation is 1. The van der Waals surface area contributed by atoms with Gasteiger partial charge in [0, 0.05) is 12.1 Å². The number of carbonyl (C=O) groups excluding carboxylic acids is 1. The lowest BCUT2D eigenvalue weighted by molar-refractivity contribution is -0.113. The third kappa shape index (κ3) is 3.02. The standard InChI is InChI=1S/C14H17NO2S/c1-11-5-7-14(8-6-11)18(17)15-9-3-4-13(10-15)12(2)16/h4-8H,3,9-10H2,1-2H3. The number of nitrogens with zero attached hydrogens (tertiary/aromatic N) is 1. The molecule has 18 heavy (non-hydrogen) atoms. The van der Waals surface area contributed by atoms with Crippen molar-refractivity contribution in [3.63, 3.8) is 0 Å². The molecular weight excluding hydrogens is 246 g/mol. The largest absolute Gasteiger partial charge is 0.593 e. The minimum absolute atomic E-state index is 0.0700. The maximum Gasteiger partial charge on any atom is 0.174 e. The van der Waals surface area contributed by atoms with Crippen LogP contribution in [0.2, 0.25) is 0 Å². The normalized spacial score (nSPS) is 18.3. The van der Waals surface area contributed by atoms with E-state index in [4.69, 9.17) is 0 Å². The highest BCUT2D eigenvalue weighted by Gasteiger charge is 2.26. The Morgan fingerprint density at radius 1 is 1.33 bits per heavy atom. The van der Waals surface area contributed by atoms with E-state index < -0.39 is 11.4 Å². The van der Waals surface area contributed by atoms with Crippen molar-refractivity contribution >= 4 is 17.1 Å². The van der Waals surface area contributed by atoms with Gasteiger partial charge in [-0.1, -0.05) is 23.8 Å². The lowest BCUT2D eigenvalue weighted by Crippen LogP contribution is -2.37. The Morgan fingerprint density at radius 2 is 2.00 bits per heavy atom. The molecule has 0 spiro atoms. The van der Waals surface area contributed by atoms with Crippen molar-refractivity contribution in [1.29, 1.82) is 0 Å². The van der Waals surface area contributed by atoms with Gasteiger partial charge in [-0.2, -0.15) is 0 Å². The van der Waals surface area contributed by atoms with Crippen LogP contribution in [0, 0.1) is 6.92 Å². The van der Waals surface area contributed by atoms with Gasteiger partial charge < -0.3 is 4.55 Å². The van der Waals surface area contributed by atoms with Crippen LogP contribution in [0.4, 0.5) is 0 Å². The first kappa shape index (κ1) is 13.3. The van der Waals surface area contributed by atoms with E-state index in [0.29, 0.717) is 6.54 Å². The van der Waals surface area contributed by atoms with Gasteiger partial charge >= 0.3 is 0 Å². The zero-order valence-corrected chi connectivity index (χ0v) is 11.5. The summed E-state index contributed by atoms with van der Waals surface area (Å²) in [6, 6.07) is 7.69. The van der Waals surface area contributed by atoms with Gasteiger partial charge in [0.25, 0.3) is 0 Å². The van der Waals surface area contributed by atoms with E-state index in [9.17, 15) is 9.35 Å². The Morgan fingerprint density at radius 3 is 2.61 bits per heavy atom. The fraction of sp³-hybridized carbons (Fsp3) is 0.357. The molecule has 0 aliphatic carbocycles. The highest BCUT2D eigenvalue weighted by Crippen LogP contribution is 2.21. The van der Waals surface area contributed by atoms with E-state index in [1.54, 1.807) is 6.92 Å². The van der Waals surface area contributed by atoms with Crippen LogP contribution in [0.15, 0.2) is 40.8 Å². The number of carbonyl (C=O) groups is 1. The summed E-state index contributed by atoms with van der Waals surface area (Å²) in [5.74, 6) is 0.0700. The Labute approximate surface area is 111 Å². The molecule has 96 valence electrons. The van der Waals surface area contributed by atoms with Gasteiger partial charge in [0.05, 0.1) is 17.9 Å². The quantitative estimate of drug-likeness (QED) is 0.786. The smallest absolute Gasteiger partial charge is 0.174 e. The van der Waals surface area contributed by atoms with Crippen molar-refractivity contribution in [2.75, 3.05) is 13.1 Å². The second kappa shape index (κ2) is 5.69. The van der Waals surface area contributed by atoms with Crippen molar-refractivity contribution in [3.8, 4) is 0 Å². The molecule has 1 aromatic rings. The molecule has 2 rings (SSSR count). The molecule has 1 aliphatic heterocycles. The Bertz CT molecular complexity index is 467. The summed E-state index contributed by atoms with van der Waals surface area (Å²) in [6.45, 7) is 4.78. The summed E-state index contributed by atoms with van der Waals surface area (Å²) < 4.78 is 14.2. The molecule has 1 atom stereocenters. The highest BCUT2D eigenvalue weighted by atomic mass is 32.2. The van der Waals surface area contributed by atoms with Gasteiger partial charge in [0.1, 0.15) is 0 Å². The number of rotatable bonds is 3. The van der Waals surface area contributed by atoms with Gasteiger partial charge in [-0.25, -0.2) is 0 Å². The summed E-state index contributed by atoms with van der Waals surface area (Å²) in [5, 5.41) is 0. The van der Waals surface area contributed by atoms with Crippen molar-refractivity contribution in [1.82, 2.24) is 4.31 Å². The molecule has 0 saturated carbocycles. The Kier molecular flexibility index (Phi) is 4.22. The fourth-order valence-corrected chi connectivity index (χ4v) is 3.11. The van der Waals surface area contributed by atoms with Crippen molar-refractivity contribution in [2.24, 2.45) is 0 Å². The zero-order valence-electron chi connectivity index (χ0n) is 10.7. The Hall–Kier alpha value is -1.10. The molecule has 0 saturated heterocycles. The molecule has 0 radical (unpaired) electrons. The molecule has 0 N–H and O–H groups in total. The zero-order chi connectivity index (χ0) is 13.1. The minimum Gasteiger partial charge on any atom is -0.593 e. The number of ketones is 1. The monoisotopic (exact) mass is 263 g/mol. The first-order chi connectivity index (χ1) is 8.58. The fourth-order valence-electron chi connectivity index (χ4n) is 1.92. The van der Waals surface area contributed by atoms with Crippen molar-refractivity contribution in [3.05, 3.63) is 41.5 Å². The van der Waals surface area contributed by atoms with E-state index in [1.165, 1.54) is 0 Å². The minimum atomic E-state index is -1.18. The van der Waals surface area contributed by atoms with Crippen LogP contribution in [0.25, 0.3) is 0 Å². The van der Waals surface area contributed by atoms with Gasteiger partial charge in [0.15, 0.2) is 10.7 Å². The van der Waals surface area contributed by atoms with E-state index in [-0.39, 0.29) is 5.78 Å². The second-order valence-corrected chi connectivity index (χ2v) is 5.99. The third-order valence-corrected chi connectivity index (χ3v) is 4.48. The van der Waals surface area contributed by atoms with Crippen LogP contribution in [-0.2, 0) is 16.2 Å². The molecule has 1 aromatic carbocycles. The van der Waals surface area contributed by atoms with Gasteiger partial charge in [-0.05, 0) is 32.4 Å². The summed E-state index contributed by atoms with van der Waals surface area (Å²) in [6.07, 6.45) is 2.73. The molecule has 1 aliphatic rings. The molecular formula is C14H17NO2S. The number of hydrogen-bond acceptors (Lipinski definition) is 3. The van der Waals surface area contributed by atoms with Crippen molar-refractivity contribution < 1.29 is 9.35 Å². The van der Waals surface area contributed by atoms with E-state index in [2.05, 4.69) is 0 Å². The van der Waals surface area contributed by atoms with E-state index in [1.807, 2.05) is 41.6 Å². The predicted molar refractivity (Wildman–Crippen MR) is 72.5 cm³/mol. The maximum atomic E-state index is 12.4. The van der Waals surface area contributed by atoms with Gasteiger partial charge in [-0.15, -0.1) is 4.31 Å². The average molecular weight is 263 g/mol. The van der Waals surface area contributed by atoms with Gasteiger partial charge in [0.2, 0.25) is 0 Å². The second-order valence-electron chi connectivity index (χ2n) is 4.50. The summed E-state index contributed by atoms with van der Waals surface area (Å²) in [7, 11) is 0. The average Bonchev–Trinajstić information content (AvgIpc) is 2.39. The molecule has 0 fully saturated rings. The van der Waals surface area contributed by atoms with E-state index in [0.717, 1.165) is 29.0 Å². The Balaban J connectivity index is 2.10. The maximum absolute atomic E-state index is 12.4. The highest BCUT2D eigenvalue weighted by molar-refractivity contribution is 7.89. The molecule has 0 aromatic heterocycles. The summed E-state index contributed by atoms with van der Waals surface area (Å²) in [5.41, 5.74) is 1.92.